The molecule has 130 valence electrons. The summed E-state index contributed by atoms with van der Waals surface area (Å²) in [7, 11) is 0. The summed E-state index contributed by atoms with van der Waals surface area (Å²) in [5, 5.41) is 4.63. The number of fused-ring (bicyclic) bond motifs is 1. The highest BCUT2D eigenvalue weighted by Gasteiger charge is 2.23. The van der Waals surface area contributed by atoms with Gasteiger partial charge in [0.25, 0.3) is 0 Å². The number of halogens is 2. The Hall–Kier alpha value is -2.21. The number of anilines is 1. The van der Waals surface area contributed by atoms with E-state index in [2.05, 4.69) is 32.2 Å². The van der Waals surface area contributed by atoms with Crippen molar-refractivity contribution in [2.24, 2.45) is 5.92 Å². The molecule has 3 aromatic heterocycles. The number of nitrogens with one attached hydrogen (secondary N) is 2. The van der Waals surface area contributed by atoms with E-state index in [0.717, 1.165) is 30.2 Å². The maximum absolute atomic E-state index is 14.2. The van der Waals surface area contributed by atoms with Crippen molar-refractivity contribution in [3.05, 3.63) is 35.5 Å². The van der Waals surface area contributed by atoms with Crippen LogP contribution in [0.2, 0.25) is 5.02 Å². The molecule has 4 rings (SSSR count). The monoisotopic (exact) mass is 359 g/mol. The van der Waals surface area contributed by atoms with E-state index >= 15 is 0 Å². The quantitative estimate of drug-likeness (QED) is 0.704. The summed E-state index contributed by atoms with van der Waals surface area (Å²) in [6.45, 7) is 2.20. The highest BCUT2D eigenvalue weighted by molar-refractivity contribution is 6.31. The lowest BCUT2D eigenvalue weighted by Crippen LogP contribution is -2.31. The van der Waals surface area contributed by atoms with Crippen LogP contribution in [0.4, 0.5) is 10.2 Å². The van der Waals surface area contributed by atoms with Crippen molar-refractivity contribution in [3.63, 3.8) is 0 Å². The second kappa shape index (κ2) is 6.59. The third kappa shape index (κ3) is 3.18. The molecule has 0 aromatic carbocycles. The van der Waals surface area contributed by atoms with E-state index in [1.807, 2.05) is 0 Å². The minimum Gasteiger partial charge on any atom is -0.365 e. The molecular formula is C18H19ClFN5. The van der Waals surface area contributed by atoms with Crippen LogP contribution in [-0.2, 0) is 0 Å². The number of nitrogens with zero attached hydrogens (tertiary/aromatic N) is 3. The van der Waals surface area contributed by atoms with Gasteiger partial charge in [-0.3, -0.25) is 0 Å². The smallest absolute Gasteiger partial charge is 0.183 e. The lowest BCUT2D eigenvalue weighted by atomic mass is 9.86. The van der Waals surface area contributed by atoms with Gasteiger partial charge < -0.3 is 10.3 Å². The zero-order valence-electron chi connectivity index (χ0n) is 13.9. The summed E-state index contributed by atoms with van der Waals surface area (Å²) in [6, 6.07) is 2.05. The van der Waals surface area contributed by atoms with Crippen LogP contribution in [0.5, 0.6) is 0 Å². The van der Waals surface area contributed by atoms with E-state index in [-0.39, 0.29) is 11.9 Å². The number of H-pyrrole nitrogens is 1. The average molecular weight is 360 g/mol. The largest absolute Gasteiger partial charge is 0.365 e. The van der Waals surface area contributed by atoms with Gasteiger partial charge in [0.05, 0.1) is 11.2 Å². The molecule has 1 aliphatic rings. The maximum Gasteiger partial charge on any atom is 0.183 e. The average Bonchev–Trinajstić information content (AvgIpc) is 3.02. The Morgan fingerprint density at radius 2 is 2.08 bits per heavy atom. The molecule has 0 spiro atoms. The Morgan fingerprint density at radius 1 is 1.24 bits per heavy atom. The lowest BCUT2D eigenvalue weighted by Gasteiger charge is -2.30. The number of pyridine rings is 1. The Morgan fingerprint density at radius 3 is 2.92 bits per heavy atom. The molecule has 2 atom stereocenters. The van der Waals surface area contributed by atoms with Crippen LogP contribution in [0.3, 0.4) is 0 Å². The van der Waals surface area contributed by atoms with Crippen molar-refractivity contribution >= 4 is 28.5 Å². The third-order valence-corrected chi connectivity index (χ3v) is 5.12. The number of hydrogen-bond acceptors (Lipinski definition) is 4. The Kier molecular flexibility index (Phi) is 4.29. The van der Waals surface area contributed by atoms with Gasteiger partial charge in [-0.2, -0.15) is 0 Å². The van der Waals surface area contributed by atoms with Gasteiger partial charge in [-0.05, 0) is 24.8 Å². The fourth-order valence-electron chi connectivity index (χ4n) is 3.47. The van der Waals surface area contributed by atoms with Crippen LogP contribution >= 0.6 is 11.6 Å². The van der Waals surface area contributed by atoms with Crippen LogP contribution in [0, 0.1) is 11.7 Å². The van der Waals surface area contributed by atoms with Crippen LogP contribution in [-0.4, -0.2) is 26.0 Å². The van der Waals surface area contributed by atoms with Crippen LogP contribution in [0.25, 0.3) is 22.4 Å². The molecule has 3 heterocycles. The summed E-state index contributed by atoms with van der Waals surface area (Å²) in [4.78, 5) is 15.9. The van der Waals surface area contributed by atoms with E-state index < -0.39 is 5.82 Å². The number of hydrogen-bond donors (Lipinski definition) is 2. The Bertz CT molecular complexity index is 910. The molecule has 0 amide bonds. The zero-order chi connectivity index (χ0) is 17.4. The van der Waals surface area contributed by atoms with Gasteiger partial charge in [0.15, 0.2) is 17.5 Å². The number of aromatic nitrogens is 4. The second-order valence-corrected chi connectivity index (χ2v) is 7.09. The van der Waals surface area contributed by atoms with Crippen LogP contribution in [0.1, 0.15) is 32.6 Å². The maximum atomic E-state index is 14.2. The van der Waals surface area contributed by atoms with Gasteiger partial charge in [-0.25, -0.2) is 19.3 Å². The first-order valence-corrected chi connectivity index (χ1v) is 8.91. The summed E-state index contributed by atoms with van der Waals surface area (Å²) < 4.78 is 14.2. The van der Waals surface area contributed by atoms with E-state index in [9.17, 15) is 4.39 Å². The van der Waals surface area contributed by atoms with Gasteiger partial charge in [0.2, 0.25) is 0 Å². The highest BCUT2D eigenvalue weighted by Crippen LogP contribution is 2.30. The van der Waals surface area contributed by atoms with Crippen molar-refractivity contribution in [2.75, 3.05) is 5.32 Å². The predicted molar refractivity (Wildman–Crippen MR) is 97.1 cm³/mol. The van der Waals surface area contributed by atoms with Gasteiger partial charge in [-0.1, -0.05) is 31.4 Å². The third-order valence-electron chi connectivity index (χ3n) is 4.92. The fraction of sp³-hybridized carbons (Fsp3) is 0.389. The summed E-state index contributed by atoms with van der Waals surface area (Å²) in [5.41, 5.74) is 1.45. The molecule has 0 unspecified atom stereocenters. The van der Waals surface area contributed by atoms with Crippen molar-refractivity contribution < 1.29 is 4.39 Å². The molecule has 7 heteroatoms. The first-order chi connectivity index (χ1) is 12.1. The van der Waals surface area contributed by atoms with Gasteiger partial charge in [0.1, 0.15) is 5.65 Å². The normalized spacial score (nSPS) is 20.8. The molecule has 0 radical (unpaired) electrons. The molecule has 25 heavy (non-hydrogen) atoms. The molecular weight excluding hydrogens is 341 g/mol. The zero-order valence-corrected chi connectivity index (χ0v) is 14.6. The molecule has 3 aromatic rings. The van der Waals surface area contributed by atoms with E-state index in [1.165, 1.54) is 12.6 Å². The van der Waals surface area contributed by atoms with E-state index in [0.29, 0.717) is 22.4 Å². The van der Waals surface area contributed by atoms with Crippen LogP contribution < -0.4 is 5.32 Å². The molecule has 0 aliphatic heterocycles. The molecule has 5 nitrogen and oxygen atoms in total. The van der Waals surface area contributed by atoms with E-state index in [1.54, 1.807) is 18.5 Å². The molecule has 1 aliphatic carbocycles. The molecule has 0 saturated heterocycles. The van der Waals surface area contributed by atoms with Gasteiger partial charge in [0, 0.05) is 29.4 Å². The predicted octanol–water partition coefficient (Wildman–Crippen LogP) is 4.80. The Labute approximate surface area is 150 Å². The lowest BCUT2D eigenvalue weighted by molar-refractivity contribution is 0.348. The minimum atomic E-state index is -0.433. The summed E-state index contributed by atoms with van der Waals surface area (Å²) in [6.07, 6.45) is 9.15. The van der Waals surface area contributed by atoms with E-state index in [4.69, 9.17) is 11.6 Å². The topological polar surface area (TPSA) is 66.5 Å². The van der Waals surface area contributed by atoms with Crippen molar-refractivity contribution in [2.45, 2.75) is 38.6 Å². The molecule has 1 fully saturated rings. The first-order valence-electron chi connectivity index (χ1n) is 8.54. The van der Waals surface area contributed by atoms with Crippen molar-refractivity contribution in [1.29, 1.82) is 0 Å². The SMILES string of the molecule is C[C@@H]1CCCC[C@@H]1Nc1nc(-c2c[nH]c3ncc(Cl)cc23)ncc1F. The van der Waals surface area contributed by atoms with Gasteiger partial charge in [-0.15, -0.1) is 0 Å². The fourth-order valence-corrected chi connectivity index (χ4v) is 3.63. The van der Waals surface area contributed by atoms with Crippen LogP contribution in [0.15, 0.2) is 24.7 Å². The standard InChI is InChI=1S/C18H19ClFN5/c1-10-4-2-3-5-15(10)24-18-14(20)9-23-17(25-18)13-8-22-16-12(13)6-11(19)7-21-16/h6-10,15H,2-5H2,1H3,(H,21,22)(H,23,24,25)/t10-,15+/m1/s1. The molecule has 0 bridgehead atoms. The first kappa shape index (κ1) is 16.3. The van der Waals surface area contributed by atoms with Gasteiger partial charge >= 0.3 is 0 Å². The molecule has 1 saturated carbocycles. The number of rotatable bonds is 3. The molecule has 2 N–H and O–H groups in total. The summed E-state index contributed by atoms with van der Waals surface area (Å²) >= 11 is 6.05. The van der Waals surface area contributed by atoms with Crippen molar-refractivity contribution in [3.8, 4) is 11.4 Å². The number of aromatic amines is 1. The highest BCUT2D eigenvalue weighted by atomic mass is 35.5. The minimum absolute atomic E-state index is 0.241. The van der Waals surface area contributed by atoms with Crippen molar-refractivity contribution in [1.82, 2.24) is 19.9 Å². The second-order valence-electron chi connectivity index (χ2n) is 6.65. The summed E-state index contributed by atoms with van der Waals surface area (Å²) in [5.74, 6) is 0.774. The Balaban J connectivity index is 1.70.